The first-order valence-electron chi connectivity index (χ1n) is 10.7. The van der Waals surface area contributed by atoms with Crippen LogP contribution in [0.3, 0.4) is 0 Å². The van der Waals surface area contributed by atoms with E-state index in [1.165, 1.54) is 4.90 Å². The van der Waals surface area contributed by atoms with Gasteiger partial charge in [0.15, 0.2) is 11.5 Å². The molecule has 2 atom stereocenters. The van der Waals surface area contributed by atoms with Crippen LogP contribution >= 0.6 is 0 Å². The Kier molecular flexibility index (Phi) is 4.78. The van der Waals surface area contributed by atoms with Gasteiger partial charge in [-0.2, -0.15) is 0 Å². The Bertz CT molecular complexity index is 1090. The highest BCUT2D eigenvalue weighted by atomic mass is 16.5. The van der Waals surface area contributed by atoms with Gasteiger partial charge >= 0.3 is 0 Å². The summed E-state index contributed by atoms with van der Waals surface area (Å²) < 4.78 is 23.1. The number of likely N-dealkylation sites (N-methyl/N-ethyl adjacent to an activating group) is 1. The number of guanidine groups is 1. The van der Waals surface area contributed by atoms with E-state index in [-0.39, 0.29) is 11.9 Å². The van der Waals surface area contributed by atoms with Crippen molar-refractivity contribution in [3.05, 3.63) is 42.0 Å². The first kappa shape index (κ1) is 20.6. The molecule has 0 saturated carbocycles. The van der Waals surface area contributed by atoms with Crippen molar-refractivity contribution >= 4 is 11.9 Å². The normalized spacial score (nSPS) is 26.7. The van der Waals surface area contributed by atoms with Crippen LogP contribution in [0.4, 0.5) is 0 Å². The molecule has 1 fully saturated rings. The highest BCUT2D eigenvalue weighted by Gasteiger charge is 2.58. The molecule has 8 heteroatoms. The quantitative estimate of drug-likeness (QED) is 0.793. The third-order valence-electron chi connectivity index (χ3n) is 6.61. The molecule has 168 valence electrons. The van der Waals surface area contributed by atoms with Gasteiger partial charge in [-0.15, -0.1) is 0 Å². The average Bonchev–Trinajstić information content (AvgIpc) is 3.02. The molecule has 2 N–H and O–H groups in total. The number of carbonyl (C=O) groups is 1. The Hall–Kier alpha value is -3.26. The van der Waals surface area contributed by atoms with Gasteiger partial charge in [-0.05, 0) is 48.2 Å². The molecule has 0 aromatic heterocycles. The topological polar surface area (TPSA) is 95.6 Å². The fourth-order valence-corrected chi connectivity index (χ4v) is 4.96. The van der Waals surface area contributed by atoms with Crippen molar-refractivity contribution in [2.24, 2.45) is 10.7 Å². The number of aliphatic imine (C=N–C) groups is 1. The van der Waals surface area contributed by atoms with Crippen molar-refractivity contribution < 1.29 is 23.7 Å². The van der Waals surface area contributed by atoms with Crippen LogP contribution in [0.25, 0.3) is 11.1 Å². The van der Waals surface area contributed by atoms with Crippen molar-refractivity contribution in [3.8, 4) is 28.4 Å². The van der Waals surface area contributed by atoms with Crippen LogP contribution in [0.2, 0.25) is 0 Å². The number of rotatable bonds is 3. The maximum absolute atomic E-state index is 13.5. The third-order valence-corrected chi connectivity index (χ3v) is 6.61. The van der Waals surface area contributed by atoms with Gasteiger partial charge in [-0.25, -0.2) is 4.99 Å². The minimum atomic E-state index is -1.13. The van der Waals surface area contributed by atoms with E-state index >= 15 is 0 Å². The molecule has 8 nitrogen and oxygen atoms in total. The number of nitrogens with zero attached hydrogens (tertiary/aromatic N) is 2. The van der Waals surface area contributed by atoms with E-state index in [9.17, 15) is 4.79 Å². The highest BCUT2D eigenvalue weighted by Crippen LogP contribution is 2.52. The lowest BCUT2D eigenvalue weighted by Crippen LogP contribution is -2.55. The first-order valence-corrected chi connectivity index (χ1v) is 10.7. The standard InChI is InChI=1S/C24H27N3O5/c1-27-21(28)24(26-22(27)25)13-23(7-4-8-31-14-23)32-20-6-5-15(11-19(20)24)16-9-17(29-2)12-18(10-16)30-3/h5-6,9-12H,4,7-8,13-14H2,1-3H3,(H2,25,26). The number of nitrogens with two attached hydrogens (primary N) is 1. The molecule has 32 heavy (non-hydrogen) atoms. The molecule has 5 rings (SSSR count). The second kappa shape index (κ2) is 7.41. The third kappa shape index (κ3) is 3.09. The molecule has 0 aliphatic carbocycles. The predicted molar refractivity (Wildman–Crippen MR) is 119 cm³/mol. The van der Waals surface area contributed by atoms with E-state index in [4.69, 9.17) is 29.7 Å². The number of hydrogen-bond acceptors (Lipinski definition) is 7. The molecule has 0 radical (unpaired) electrons. The van der Waals surface area contributed by atoms with Crippen molar-refractivity contribution in [2.75, 3.05) is 34.5 Å². The van der Waals surface area contributed by atoms with Crippen LogP contribution in [-0.2, 0) is 15.1 Å². The van der Waals surface area contributed by atoms with Gasteiger partial charge in [0.2, 0.25) is 0 Å². The summed E-state index contributed by atoms with van der Waals surface area (Å²) in [5, 5.41) is 0. The number of ether oxygens (including phenoxy) is 4. The van der Waals surface area contributed by atoms with Crippen LogP contribution in [-0.4, -0.2) is 56.8 Å². The number of amides is 1. The van der Waals surface area contributed by atoms with Crippen molar-refractivity contribution in [1.29, 1.82) is 0 Å². The lowest BCUT2D eigenvalue weighted by molar-refractivity contribution is -0.139. The Morgan fingerprint density at radius 2 is 1.84 bits per heavy atom. The summed E-state index contributed by atoms with van der Waals surface area (Å²) in [7, 11) is 4.89. The van der Waals surface area contributed by atoms with Crippen molar-refractivity contribution in [1.82, 2.24) is 4.90 Å². The maximum atomic E-state index is 13.5. The Morgan fingerprint density at radius 1 is 1.09 bits per heavy atom. The van der Waals surface area contributed by atoms with E-state index in [1.54, 1.807) is 21.3 Å². The summed E-state index contributed by atoms with van der Waals surface area (Å²) in [4.78, 5) is 19.7. The second-order valence-corrected chi connectivity index (χ2v) is 8.62. The lowest BCUT2D eigenvalue weighted by Gasteiger charge is -2.46. The van der Waals surface area contributed by atoms with Crippen molar-refractivity contribution in [2.45, 2.75) is 30.4 Å². The number of methoxy groups -OCH3 is 2. The number of fused-ring (bicyclic) bond motifs is 2. The molecule has 1 amide bonds. The van der Waals surface area contributed by atoms with Gasteiger partial charge in [0, 0.05) is 31.7 Å². The van der Waals surface area contributed by atoms with Gasteiger partial charge in [0.05, 0.1) is 20.8 Å². The van der Waals surface area contributed by atoms with Crippen LogP contribution in [0.5, 0.6) is 17.2 Å². The zero-order valence-corrected chi connectivity index (χ0v) is 18.5. The lowest BCUT2D eigenvalue weighted by atomic mass is 9.74. The fourth-order valence-electron chi connectivity index (χ4n) is 4.96. The largest absolute Gasteiger partial charge is 0.497 e. The van der Waals surface area contributed by atoms with E-state index in [0.717, 1.165) is 24.0 Å². The van der Waals surface area contributed by atoms with Crippen LogP contribution in [0.15, 0.2) is 41.4 Å². The Labute approximate surface area is 186 Å². The molecule has 1 saturated heterocycles. The Morgan fingerprint density at radius 3 is 2.44 bits per heavy atom. The van der Waals surface area contributed by atoms with Crippen LogP contribution in [0, 0.1) is 0 Å². The van der Waals surface area contributed by atoms with Crippen molar-refractivity contribution in [3.63, 3.8) is 0 Å². The van der Waals surface area contributed by atoms with Gasteiger partial charge in [0.25, 0.3) is 5.91 Å². The summed E-state index contributed by atoms with van der Waals surface area (Å²) in [5.74, 6) is 2.06. The minimum Gasteiger partial charge on any atom is -0.497 e. The molecule has 3 aliphatic rings. The number of benzene rings is 2. The monoisotopic (exact) mass is 437 g/mol. The molecule has 2 aromatic rings. The molecule has 3 heterocycles. The number of carbonyl (C=O) groups excluding carboxylic acids is 1. The van der Waals surface area contributed by atoms with E-state index in [2.05, 4.69) is 0 Å². The number of hydrogen-bond donors (Lipinski definition) is 1. The van der Waals surface area contributed by atoms with Gasteiger partial charge in [0.1, 0.15) is 22.8 Å². The smallest absolute Gasteiger partial charge is 0.261 e. The second-order valence-electron chi connectivity index (χ2n) is 8.62. The zero-order valence-electron chi connectivity index (χ0n) is 18.5. The summed E-state index contributed by atoms with van der Waals surface area (Å²) in [5.41, 5.74) is 6.90. The summed E-state index contributed by atoms with van der Waals surface area (Å²) in [6.07, 6.45) is 2.06. The first-order chi connectivity index (χ1) is 15.4. The molecule has 3 aliphatic heterocycles. The molecule has 2 spiro atoms. The van der Waals surface area contributed by atoms with E-state index < -0.39 is 11.1 Å². The summed E-state index contributed by atoms with van der Waals surface area (Å²) in [6, 6.07) is 11.5. The van der Waals surface area contributed by atoms with E-state index in [0.29, 0.717) is 42.4 Å². The summed E-state index contributed by atoms with van der Waals surface area (Å²) in [6.45, 7) is 1.12. The average molecular weight is 437 g/mol. The molecular weight excluding hydrogens is 410 g/mol. The van der Waals surface area contributed by atoms with Crippen LogP contribution in [0.1, 0.15) is 24.8 Å². The molecule has 2 unspecified atom stereocenters. The SMILES string of the molecule is COc1cc(OC)cc(-c2ccc3c(c2)C2(CC4(CCCOC4)O3)N=C(N)N(C)C2=O)c1. The minimum absolute atomic E-state index is 0.148. The Balaban J connectivity index is 1.67. The van der Waals surface area contributed by atoms with Gasteiger partial charge in [-0.3, -0.25) is 9.69 Å². The molecule has 0 bridgehead atoms. The predicted octanol–water partition coefficient (Wildman–Crippen LogP) is 2.68. The molecular formula is C24H27N3O5. The maximum Gasteiger partial charge on any atom is 0.261 e. The van der Waals surface area contributed by atoms with Crippen LogP contribution < -0.4 is 19.9 Å². The molecule has 2 aromatic carbocycles. The van der Waals surface area contributed by atoms with Gasteiger partial charge < -0.3 is 24.7 Å². The fraction of sp³-hybridized carbons (Fsp3) is 0.417. The van der Waals surface area contributed by atoms with Gasteiger partial charge in [-0.1, -0.05) is 6.07 Å². The zero-order chi connectivity index (χ0) is 22.5. The van der Waals surface area contributed by atoms with E-state index in [1.807, 2.05) is 36.4 Å². The summed E-state index contributed by atoms with van der Waals surface area (Å²) >= 11 is 0. The highest BCUT2D eigenvalue weighted by molar-refractivity contribution is 6.07.